The van der Waals surface area contributed by atoms with E-state index in [1.54, 1.807) is 17.7 Å². The van der Waals surface area contributed by atoms with Crippen LogP contribution in [-0.4, -0.2) is 11.6 Å². The first-order valence-corrected chi connectivity index (χ1v) is 8.71. The van der Waals surface area contributed by atoms with Crippen LogP contribution < -0.4 is 15.8 Å². The van der Waals surface area contributed by atoms with Gasteiger partial charge in [-0.1, -0.05) is 36.9 Å². The number of nitrogens with one attached hydrogen (secondary N) is 1. The molecular formula is C21H22ClN3O. The van der Waals surface area contributed by atoms with Crippen LogP contribution in [0.25, 0.3) is 0 Å². The quantitative estimate of drug-likeness (QED) is 0.884. The lowest BCUT2D eigenvalue weighted by Gasteiger charge is -2.28. The fourth-order valence-corrected chi connectivity index (χ4v) is 3.43. The van der Waals surface area contributed by atoms with Gasteiger partial charge in [0.15, 0.2) is 0 Å². The van der Waals surface area contributed by atoms with Crippen LogP contribution in [0.15, 0.2) is 83.1 Å². The number of anilines is 1. The molecule has 1 unspecified atom stereocenters. The monoisotopic (exact) mass is 367 g/mol. The Bertz CT molecular complexity index is 969. The fraction of sp³-hybridized carbons (Fsp3) is 0.190. The summed E-state index contributed by atoms with van der Waals surface area (Å²) in [7, 11) is 3.64. The molecule has 1 aliphatic rings. The number of hydrogen-bond donors (Lipinski definition) is 1. The van der Waals surface area contributed by atoms with Gasteiger partial charge in [0.1, 0.15) is 0 Å². The van der Waals surface area contributed by atoms with Crippen LogP contribution in [0.1, 0.15) is 18.5 Å². The molecule has 0 bridgehead atoms. The Balaban J connectivity index is 2.24. The number of halogens is 1. The average molecular weight is 368 g/mol. The van der Waals surface area contributed by atoms with Gasteiger partial charge in [0.25, 0.3) is 0 Å². The number of nitrogens with zero attached hydrogens (tertiary/aromatic N) is 2. The summed E-state index contributed by atoms with van der Waals surface area (Å²) in [4.78, 5) is 13.9. The third-order valence-corrected chi connectivity index (χ3v) is 5.06. The lowest BCUT2D eigenvalue weighted by atomic mass is 9.95. The Labute approximate surface area is 158 Å². The topological polar surface area (TPSA) is 37.3 Å². The van der Waals surface area contributed by atoms with E-state index in [1.807, 2.05) is 50.5 Å². The Morgan fingerprint density at radius 3 is 2.38 bits per heavy atom. The van der Waals surface area contributed by atoms with Crippen LogP contribution in [0.3, 0.4) is 0 Å². The van der Waals surface area contributed by atoms with Crippen LogP contribution in [0.5, 0.6) is 0 Å². The number of aryl methyl sites for hydroxylation is 1. The van der Waals surface area contributed by atoms with Gasteiger partial charge in [-0.15, -0.1) is 0 Å². The van der Waals surface area contributed by atoms with Gasteiger partial charge in [0, 0.05) is 48.3 Å². The molecule has 0 radical (unpaired) electrons. The van der Waals surface area contributed by atoms with Gasteiger partial charge in [-0.2, -0.15) is 0 Å². The molecule has 1 aliphatic heterocycles. The first-order valence-electron chi connectivity index (χ1n) is 8.33. The van der Waals surface area contributed by atoms with Crippen LogP contribution in [0.4, 0.5) is 5.69 Å². The number of benzene rings is 1. The number of allylic oxidation sites excluding steroid dienone is 2. The van der Waals surface area contributed by atoms with E-state index in [0.29, 0.717) is 5.02 Å². The first kappa shape index (κ1) is 18.1. The highest BCUT2D eigenvalue weighted by molar-refractivity contribution is 6.30. The third-order valence-electron chi connectivity index (χ3n) is 4.81. The second kappa shape index (κ2) is 6.89. The van der Waals surface area contributed by atoms with Gasteiger partial charge in [-0.3, -0.25) is 4.79 Å². The molecule has 1 saturated heterocycles. The molecule has 26 heavy (non-hydrogen) atoms. The van der Waals surface area contributed by atoms with E-state index in [-0.39, 0.29) is 11.6 Å². The molecule has 1 aromatic carbocycles. The van der Waals surface area contributed by atoms with E-state index in [9.17, 15) is 4.79 Å². The van der Waals surface area contributed by atoms with Gasteiger partial charge in [0.2, 0.25) is 5.56 Å². The summed E-state index contributed by atoms with van der Waals surface area (Å²) in [6.07, 6.45) is 1.82. The predicted octanol–water partition coefficient (Wildman–Crippen LogP) is 4.16. The molecule has 4 nitrogen and oxygen atoms in total. The minimum atomic E-state index is -0.0998. The Morgan fingerprint density at radius 2 is 1.81 bits per heavy atom. The summed E-state index contributed by atoms with van der Waals surface area (Å²) < 4.78 is 1.57. The summed E-state index contributed by atoms with van der Waals surface area (Å²) in [5.41, 5.74) is 5.71. The number of hydrogen-bond acceptors (Lipinski definition) is 3. The molecule has 1 atom stereocenters. The van der Waals surface area contributed by atoms with Crippen LogP contribution in [0.2, 0.25) is 5.02 Å². The summed E-state index contributed by atoms with van der Waals surface area (Å²) >= 11 is 6.08. The second-order valence-electron chi connectivity index (χ2n) is 6.37. The SMILES string of the molecule is C=C1C(=C)N(c2ccc(=O)n(C)c2)C(c2ccc(Cl)cc2)/C1=C(\C)NC. The molecule has 1 fully saturated rings. The van der Waals surface area contributed by atoms with Crippen molar-refractivity contribution in [2.24, 2.45) is 7.05 Å². The number of rotatable bonds is 3. The molecule has 0 spiro atoms. The maximum absolute atomic E-state index is 11.8. The third kappa shape index (κ3) is 2.97. The summed E-state index contributed by atoms with van der Waals surface area (Å²) in [5.74, 6) is 0. The lowest BCUT2D eigenvalue weighted by molar-refractivity contribution is 0.795. The number of aromatic nitrogens is 1. The van der Waals surface area contributed by atoms with Crippen LogP contribution >= 0.6 is 11.6 Å². The van der Waals surface area contributed by atoms with E-state index in [4.69, 9.17) is 11.6 Å². The zero-order valence-corrected chi connectivity index (χ0v) is 16.0. The molecule has 0 saturated carbocycles. The van der Waals surface area contributed by atoms with Crippen molar-refractivity contribution in [1.29, 1.82) is 0 Å². The highest BCUT2D eigenvalue weighted by Gasteiger charge is 2.38. The minimum absolute atomic E-state index is 0.0531. The van der Waals surface area contributed by atoms with Crippen LogP contribution in [-0.2, 0) is 7.05 Å². The van der Waals surface area contributed by atoms with Gasteiger partial charge >= 0.3 is 0 Å². The zero-order chi connectivity index (χ0) is 19.0. The first-order chi connectivity index (χ1) is 12.3. The molecule has 1 N–H and O–H groups in total. The van der Waals surface area contributed by atoms with Gasteiger partial charge in [-0.05, 0) is 36.3 Å². The largest absolute Gasteiger partial charge is 0.391 e. The molecule has 2 aromatic rings. The maximum Gasteiger partial charge on any atom is 0.250 e. The standard InChI is InChI=1S/C21H22ClN3O/c1-13-15(3)25(18-10-11-19(26)24(5)12-18)21(20(13)14(2)23-4)16-6-8-17(22)9-7-16/h6-12,21,23H,1,3H2,2,4-5H3/b20-14+. The smallest absolute Gasteiger partial charge is 0.250 e. The highest BCUT2D eigenvalue weighted by atomic mass is 35.5. The van der Waals surface area contributed by atoms with Crippen molar-refractivity contribution in [3.63, 3.8) is 0 Å². The second-order valence-corrected chi connectivity index (χ2v) is 6.81. The Morgan fingerprint density at radius 1 is 1.15 bits per heavy atom. The van der Waals surface area contributed by atoms with Crippen molar-refractivity contribution in [2.45, 2.75) is 13.0 Å². The minimum Gasteiger partial charge on any atom is -0.391 e. The highest BCUT2D eigenvalue weighted by Crippen LogP contribution is 2.48. The molecular weight excluding hydrogens is 346 g/mol. The van der Waals surface area contributed by atoms with Crippen molar-refractivity contribution >= 4 is 17.3 Å². The molecule has 1 aromatic heterocycles. The Hall–Kier alpha value is -2.72. The molecule has 0 aliphatic carbocycles. The van der Waals surface area contributed by atoms with E-state index in [2.05, 4.69) is 23.4 Å². The van der Waals surface area contributed by atoms with Crippen molar-refractivity contribution in [3.05, 3.63) is 99.2 Å². The summed E-state index contributed by atoms with van der Waals surface area (Å²) in [5, 5.41) is 3.92. The van der Waals surface area contributed by atoms with Gasteiger partial charge in [-0.25, -0.2) is 0 Å². The fourth-order valence-electron chi connectivity index (χ4n) is 3.30. The van der Waals surface area contributed by atoms with Gasteiger partial charge < -0.3 is 14.8 Å². The molecule has 2 heterocycles. The van der Waals surface area contributed by atoms with E-state index < -0.39 is 0 Å². The molecule has 5 heteroatoms. The van der Waals surface area contributed by atoms with E-state index in [1.165, 1.54) is 0 Å². The molecule has 0 amide bonds. The molecule has 134 valence electrons. The van der Waals surface area contributed by atoms with Gasteiger partial charge in [0.05, 0.1) is 11.7 Å². The van der Waals surface area contributed by atoms with Crippen molar-refractivity contribution in [1.82, 2.24) is 9.88 Å². The number of pyridine rings is 1. The van der Waals surface area contributed by atoms with Crippen molar-refractivity contribution in [3.8, 4) is 0 Å². The normalized spacial score (nSPS) is 19.1. The van der Waals surface area contributed by atoms with Crippen molar-refractivity contribution in [2.75, 3.05) is 11.9 Å². The predicted molar refractivity (Wildman–Crippen MR) is 108 cm³/mol. The summed E-state index contributed by atoms with van der Waals surface area (Å²) in [6.45, 7) is 10.5. The maximum atomic E-state index is 11.8. The van der Waals surface area contributed by atoms with E-state index in [0.717, 1.165) is 33.8 Å². The Kier molecular flexibility index (Phi) is 4.79. The zero-order valence-electron chi connectivity index (χ0n) is 15.2. The average Bonchev–Trinajstić information content (AvgIpc) is 2.89. The van der Waals surface area contributed by atoms with Crippen molar-refractivity contribution < 1.29 is 0 Å². The summed E-state index contributed by atoms with van der Waals surface area (Å²) in [6, 6.07) is 11.1. The lowest BCUT2D eigenvalue weighted by Crippen LogP contribution is -2.25. The van der Waals surface area contributed by atoms with E-state index >= 15 is 0 Å². The van der Waals surface area contributed by atoms with Crippen LogP contribution in [0, 0.1) is 0 Å². The molecule has 3 rings (SSSR count).